The summed E-state index contributed by atoms with van der Waals surface area (Å²) in [5, 5.41) is 5.30. The molecule has 0 saturated heterocycles. The van der Waals surface area contributed by atoms with Crippen molar-refractivity contribution in [3.8, 4) is 5.75 Å². The van der Waals surface area contributed by atoms with Crippen LogP contribution in [0.25, 0.3) is 0 Å². The molecule has 0 heterocycles. The fourth-order valence-electron chi connectivity index (χ4n) is 1.84. The van der Waals surface area contributed by atoms with Crippen molar-refractivity contribution in [1.29, 1.82) is 0 Å². The molecular weight excluding hydrogens is 395 g/mol. The molecule has 6 heteroatoms. The molecule has 2 N–H and O–H groups in total. The highest BCUT2D eigenvalue weighted by Crippen LogP contribution is 2.22. The predicted molar refractivity (Wildman–Crippen MR) is 93.1 cm³/mol. The molecule has 2 aromatic carbocycles. The number of methoxy groups -OCH3 is 1. The van der Waals surface area contributed by atoms with E-state index in [4.69, 9.17) is 4.74 Å². The zero-order valence-corrected chi connectivity index (χ0v) is 14.1. The number of amides is 2. The molecule has 5 nitrogen and oxygen atoms in total. The molecule has 0 aliphatic rings. The molecule has 0 aliphatic heterocycles. The monoisotopic (exact) mass is 410 g/mol. The number of hydrogen-bond acceptors (Lipinski definition) is 3. The van der Waals surface area contributed by atoms with Crippen molar-refractivity contribution >= 4 is 40.1 Å². The summed E-state index contributed by atoms with van der Waals surface area (Å²) in [6.45, 7) is -0.109. The summed E-state index contributed by atoms with van der Waals surface area (Å²) in [4.78, 5) is 23.9. The lowest BCUT2D eigenvalue weighted by atomic mass is 10.2. The zero-order chi connectivity index (χ0) is 15.9. The molecular formula is C16H15IN2O3. The average Bonchev–Trinajstić information content (AvgIpc) is 2.53. The Morgan fingerprint density at radius 1 is 1.09 bits per heavy atom. The van der Waals surface area contributed by atoms with Crippen LogP contribution in [0.5, 0.6) is 5.75 Å². The lowest BCUT2D eigenvalue weighted by Gasteiger charge is -2.10. The molecule has 0 bridgehead atoms. The summed E-state index contributed by atoms with van der Waals surface area (Å²) in [6, 6.07) is 14.3. The van der Waals surface area contributed by atoms with Crippen LogP contribution in [-0.2, 0) is 4.79 Å². The van der Waals surface area contributed by atoms with Gasteiger partial charge >= 0.3 is 0 Å². The predicted octanol–water partition coefficient (Wildman–Crippen LogP) is 2.67. The summed E-state index contributed by atoms with van der Waals surface area (Å²) < 4.78 is 5.99. The highest BCUT2D eigenvalue weighted by atomic mass is 127. The maximum Gasteiger partial charge on any atom is 0.252 e. The highest BCUT2D eigenvalue weighted by molar-refractivity contribution is 14.1. The van der Waals surface area contributed by atoms with Crippen LogP contribution in [0.4, 0.5) is 5.69 Å². The molecule has 114 valence electrons. The minimum Gasteiger partial charge on any atom is -0.495 e. The van der Waals surface area contributed by atoms with Gasteiger partial charge in [0.05, 0.1) is 24.9 Å². The Morgan fingerprint density at radius 3 is 2.50 bits per heavy atom. The maximum absolute atomic E-state index is 12.0. The van der Waals surface area contributed by atoms with Gasteiger partial charge in [0.2, 0.25) is 5.91 Å². The maximum atomic E-state index is 12.0. The molecule has 2 aromatic rings. The van der Waals surface area contributed by atoms with E-state index in [2.05, 4.69) is 33.2 Å². The van der Waals surface area contributed by atoms with Gasteiger partial charge in [-0.25, -0.2) is 0 Å². The summed E-state index contributed by atoms with van der Waals surface area (Å²) >= 11 is 2.08. The molecule has 2 amide bonds. The van der Waals surface area contributed by atoms with Gasteiger partial charge in [-0.15, -0.1) is 0 Å². The molecule has 0 radical (unpaired) electrons. The SMILES string of the molecule is COc1ccccc1NC(=O)CNC(=O)c1ccccc1I. The molecule has 0 aromatic heterocycles. The Labute approximate surface area is 142 Å². The van der Waals surface area contributed by atoms with E-state index < -0.39 is 0 Å². The summed E-state index contributed by atoms with van der Waals surface area (Å²) in [5.74, 6) is -0.0243. The third-order valence-electron chi connectivity index (χ3n) is 2.91. The van der Waals surface area contributed by atoms with Crippen molar-refractivity contribution in [2.75, 3.05) is 19.0 Å². The number of nitrogens with one attached hydrogen (secondary N) is 2. The third-order valence-corrected chi connectivity index (χ3v) is 3.85. The molecule has 2 rings (SSSR count). The second-order valence-electron chi connectivity index (χ2n) is 4.41. The fourth-order valence-corrected chi connectivity index (χ4v) is 2.48. The molecule has 0 fully saturated rings. The molecule has 0 saturated carbocycles. The van der Waals surface area contributed by atoms with E-state index >= 15 is 0 Å². The first-order chi connectivity index (χ1) is 10.6. The number of carbonyl (C=O) groups is 2. The Bertz CT molecular complexity index is 689. The van der Waals surface area contributed by atoms with Gasteiger partial charge in [-0.05, 0) is 46.9 Å². The van der Waals surface area contributed by atoms with Crippen LogP contribution in [0.1, 0.15) is 10.4 Å². The van der Waals surface area contributed by atoms with E-state index in [1.807, 2.05) is 18.2 Å². The average molecular weight is 410 g/mol. The summed E-state index contributed by atoms with van der Waals surface area (Å²) in [6.07, 6.45) is 0. The van der Waals surface area contributed by atoms with Gasteiger partial charge in [0.25, 0.3) is 5.91 Å². The number of para-hydroxylation sites is 2. The van der Waals surface area contributed by atoms with Crippen LogP contribution in [0.15, 0.2) is 48.5 Å². The number of ether oxygens (including phenoxy) is 1. The topological polar surface area (TPSA) is 67.4 Å². The second-order valence-corrected chi connectivity index (χ2v) is 5.57. The first kappa shape index (κ1) is 16.3. The number of anilines is 1. The van der Waals surface area contributed by atoms with Crippen molar-refractivity contribution in [2.45, 2.75) is 0 Å². The van der Waals surface area contributed by atoms with Crippen LogP contribution in [0.2, 0.25) is 0 Å². The van der Waals surface area contributed by atoms with Gasteiger partial charge in [-0.2, -0.15) is 0 Å². The van der Waals surface area contributed by atoms with E-state index in [-0.39, 0.29) is 18.4 Å². The van der Waals surface area contributed by atoms with Crippen molar-refractivity contribution < 1.29 is 14.3 Å². The largest absolute Gasteiger partial charge is 0.495 e. The smallest absolute Gasteiger partial charge is 0.252 e. The van der Waals surface area contributed by atoms with Crippen LogP contribution in [0, 0.1) is 3.57 Å². The van der Waals surface area contributed by atoms with E-state index in [0.717, 1.165) is 3.57 Å². The Hall–Kier alpha value is -2.09. The number of rotatable bonds is 5. The number of hydrogen-bond donors (Lipinski definition) is 2. The van der Waals surface area contributed by atoms with Gasteiger partial charge in [-0.1, -0.05) is 24.3 Å². The summed E-state index contributed by atoms with van der Waals surface area (Å²) in [7, 11) is 1.53. The Balaban J connectivity index is 1.93. The fraction of sp³-hybridized carbons (Fsp3) is 0.125. The Morgan fingerprint density at radius 2 is 1.77 bits per heavy atom. The van der Waals surface area contributed by atoms with Crippen molar-refractivity contribution in [2.24, 2.45) is 0 Å². The number of carbonyl (C=O) groups excluding carboxylic acids is 2. The van der Waals surface area contributed by atoms with Gasteiger partial charge in [0, 0.05) is 3.57 Å². The normalized spacial score (nSPS) is 9.91. The number of halogens is 1. The minimum absolute atomic E-state index is 0.109. The van der Waals surface area contributed by atoms with Gasteiger partial charge in [0.15, 0.2) is 0 Å². The van der Waals surface area contributed by atoms with Gasteiger partial charge < -0.3 is 15.4 Å². The van der Waals surface area contributed by atoms with Crippen molar-refractivity contribution in [3.63, 3.8) is 0 Å². The molecule has 0 atom stereocenters. The molecule has 0 spiro atoms. The van der Waals surface area contributed by atoms with Gasteiger partial charge in [-0.3, -0.25) is 9.59 Å². The zero-order valence-electron chi connectivity index (χ0n) is 11.9. The first-order valence-electron chi connectivity index (χ1n) is 6.57. The summed E-state index contributed by atoms with van der Waals surface area (Å²) in [5.41, 5.74) is 1.12. The molecule has 0 aliphatic carbocycles. The number of benzene rings is 2. The minimum atomic E-state index is -0.316. The second kappa shape index (κ2) is 7.79. The van der Waals surface area contributed by atoms with Crippen LogP contribution in [-0.4, -0.2) is 25.5 Å². The first-order valence-corrected chi connectivity index (χ1v) is 7.65. The van der Waals surface area contributed by atoms with Crippen LogP contribution >= 0.6 is 22.6 Å². The van der Waals surface area contributed by atoms with Crippen LogP contribution < -0.4 is 15.4 Å². The molecule has 0 unspecified atom stereocenters. The lowest BCUT2D eigenvalue weighted by Crippen LogP contribution is -2.33. The third kappa shape index (κ3) is 4.20. The van der Waals surface area contributed by atoms with E-state index in [1.165, 1.54) is 7.11 Å². The van der Waals surface area contributed by atoms with Crippen molar-refractivity contribution in [1.82, 2.24) is 5.32 Å². The highest BCUT2D eigenvalue weighted by Gasteiger charge is 2.11. The van der Waals surface area contributed by atoms with E-state index in [1.54, 1.807) is 30.3 Å². The van der Waals surface area contributed by atoms with Gasteiger partial charge in [0.1, 0.15) is 5.75 Å². The lowest BCUT2D eigenvalue weighted by molar-refractivity contribution is -0.115. The molecule has 22 heavy (non-hydrogen) atoms. The standard InChI is InChI=1S/C16H15IN2O3/c1-22-14-9-5-4-8-13(14)19-15(20)10-18-16(21)11-6-2-3-7-12(11)17/h2-9H,10H2,1H3,(H,18,21)(H,19,20). The van der Waals surface area contributed by atoms with E-state index in [9.17, 15) is 9.59 Å². The quantitative estimate of drug-likeness (QED) is 0.745. The van der Waals surface area contributed by atoms with Crippen LogP contribution in [0.3, 0.4) is 0 Å². The Kier molecular flexibility index (Phi) is 5.76. The van der Waals surface area contributed by atoms with Crippen molar-refractivity contribution in [3.05, 3.63) is 57.7 Å². The van der Waals surface area contributed by atoms with E-state index in [0.29, 0.717) is 17.0 Å².